The molecule has 0 atom stereocenters. The van der Waals surface area contributed by atoms with E-state index in [9.17, 15) is 18.0 Å². The number of nitrogens with zero attached hydrogens (tertiary/aromatic N) is 1. The van der Waals surface area contributed by atoms with Crippen molar-refractivity contribution in [2.75, 3.05) is 5.73 Å². The molecule has 0 spiro atoms. The Kier molecular flexibility index (Phi) is 3.88. The van der Waals surface area contributed by atoms with Crippen molar-refractivity contribution in [1.29, 1.82) is 0 Å². The summed E-state index contributed by atoms with van der Waals surface area (Å²) < 4.78 is 39.8. The monoisotopic (exact) mass is 281 g/mol. The van der Waals surface area contributed by atoms with Crippen molar-refractivity contribution in [3.8, 4) is 0 Å². The van der Waals surface area contributed by atoms with Gasteiger partial charge in [-0.2, -0.15) is 0 Å². The molecule has 1 aromatic carbocycles. The van der Waals surface area contributed by atoms with Crippen LogP contribution in [0.1, 0.15) is 15.9 Å². The van der Waals surface area contributed by atoms with Gasteiger partial charge in [-0.15, -0.1) is 0 Å². The maximum atomic E-state index is 13.5. The number of pyridine rings is 1. The summed E-state index contributed by atoms with van der Waals surface area (Å²) >= 11 is 0. The summed E-state index contributed by atoms with van der Waals surface area (Å²) in [5.74, 6) is -3.45. The number of carbonyl (C=O) groups is 1. The van der Waals surface area contributed by atoms with Crippen molar-refractivity contribution in [3.05, 3.63) is 59.0 Å². The lowest BCUT2D eigenvalue weighted by Crippen LogP contribution is -2.25. The summed E-state index contributed by atoms with van der Waals surface area (Å²) in [5, 5.41) is 2.28. The van der Waals surface area contributed by atoms with Crippen molar-refractivity contribution in [1.82, 2.24) is 10.3 Å². The first-order valence-corrected chi connectivity index (χ1v) is 5.61. The van der Waals surface area contributed by atoms with Gasteiger partial charge in [0.25, 0.3) is 5.91 Å². The second-order valence-electron chi connectivity index (χ2n) is 3.98. The second-order valence-corrected chi connectivity index (χ2v) is 3.98. The molecule has 2 aromatic rings. The normalized spacial score (nSPS) is 10.3. The van der Waals surface area contributed by atoms with Crippen LogP contribution in [0.2, 0.25) is 0 Å². The average Bonchev–Trinajstić information content (AvgIpc) is 2.42. The molecule has 0 aliphatic rings. The summed E-state index contributed by atoms with van der Waals surface area (Å²) in [6.45, 7) is -0.274. The Hall–Kier alpha value is -2.57. The molecule has 2 rings (SSSR count). The maximum Gasteiger partial charge on any atom is 0.254 e. The Morgan fingerprint density at radius 3 is 2.75 bits per heavy atom. The third-order valence-corrected chi connectivity index (χ3v) is 2.61. The number of halogens is 3. The first kappa shape index (κ1) is 13.9. The minimum Gasteiger partial charge on any atom is -0.381 e. The first-order chi connectivity index (χ1) is 9.49. The summed E-state index contributed by atoms with van der Waals surface area (Å²) in [6, 6.07) is 4.00. The van der Waals surface area contributed by atoms with Crippen LogP contribution < -0.4 is 11.1 Å². The van der Waals surface area contributed by atoms with E-state index in [1.165, 1.54) is 6.20 Å². The molecule has 0 unspecified atom stereocenters. The molecule has 1 heterocycles. The molecule has 0 radical (unpaired) electrons. The van der Waals surface area contributed by atoms with Crippen LogP contribution in [-0.2, 0) is 6.54 Å². The van der Waals surface area contributed by atoms with Crippen LogP contribution in [0.4, 0.5) is 19.0 Å². The smallest absolute Gasteiger partial charge is 0.254 e. The first-order valence-electron chi connectivity index (χ1n) is 5.61. The van der Waals surface area contributed by atoms with Crippen LogP contribution in [0.3, 0.4) is 0 Å². The van der Waals surface area contributed by atoms with Crippen molar-refractivity contribution in [2.24, 2.45) is 0 Å². The van der Waals surface area contributed by atoms with E-state index in [4.69, 9.17) is 5.73 Å². The van der Waals surface area contributed by atoms with Gasteiger partial charge < -0.3 is 11.1 Å². The summed E-state index contributed by atoms with van der Waals surface area (Å²) in [6.07, 6.45) is 1.18. The lowest BCUT2D eigenvalue weighted by Gasteiger charge is -2.08. The molecule has 1 amide bonds. The van der Waals surface area contributed by atoms with Crippen LogP contribution in [0.15, 0.2) is 30.5 Å². The van der Waals surface area contributed by atoms with Gasteiger partial charge in [-0.05, 0) is 24.3 Å². The summed E-state index contributed by atoms with van der Waals surface area (Å²) in [5.41, 5.74) is 4.88. The molecule has 0 aliphatic heterocycles. The molecule has 4 nitrogen and oxygen atoms in total. The highest BCUT2D eigenvalue weighted by molar-refractivity contribution is 5.95. The number of amides is 1. The molecule has 0 saturated heterocycles. The Morgan fingerprint density at radius 2 is 2.00 bits per heavy atom. The van der Waals surface area contributed by atoms with Crippen LogP contribution in [0.5, 0.6) is 0 Å². The van der Waals surface area contributed by atoms with Gasteiger partial charge in [-0.1, -0.05) is 0 Å². The van der Waals surface area contributed by atoms with Gasteiger partial charge in [-0.3, -0.25) is 4.79 Å². The molecule has 3 N–H and O–H groups in total. The van der Waals surface area contributed by atoms with E-state index in [1.807, 2.05) is 0 Å². The molecule has 0 bridgehead atoms. The number of hydrogen-bond acceptors (Lipinski definition) is 3. The SMILES string of the molecule is Nc1nccc(C(=O)NCc2cc(F)ccc2F)c1F. The highest BCUT2D eigenvalue weighted by Gasteiger charge is 2.15. The van der Waals surface area contributed by atoms with E-state index in [-0.39, 0.29) is 17.7 Å². The van der Waals surface area contributed by atoms with E-state index in [2.05, 4.69) is 10.3 Å². The van der Waals surface area contributed by atoms with Crippen molar-refractivity contribution >= 4 is 11.7 Å². The third kappa shape index (κ3) is 2.87. The van der Waals surface area contributed by atoms with E-state index in [0.717, 1.165) is 24.3 Å². The van der Waals surface area contributed by atoms with Crippen LogP contribution in [-0.4, -0.2) is 10.9 Å². The van der Waals surface area contributed by atoms with Gasteiger partial charge in [0.15, 0.2) is 11.6 Å². The largest absolute Gasteiger partial charge is 0.381 e. The minimum absolute atomic E-state index is 0.0409. The molecule has 0 fully saturated rings. The van der Waals surface area contributed by atoms with Crippen molar-refractivity contribution in [3.63, 3.8) is 0 Å². The molecular formula is C13H10F3N3O. The number of aromatic nitrogens is 1. The number of nitrogens with one attached hydrogen (secondary N) is 1. The fourth-order valence-corrected chi connectivity index (χ4v) is 1.58. The zero-order chi connectivity index (χ0) is 14.7. The Morgan fingerprint density at radius 1 is 1.25 bits per heavy atom. The Balaban J connectivity index is 2.13. The average molecular weight is 281 g/mol. The van der Waals surface area contributed by atoms with E-state index < -0.39 is 29.2 Å². The Bertz CT molecular complexity index is 661. The molecule has 1 aromatic heterocycles. The molecular weight excluding hydrogens is 271 g/mol. The number of carbonyl (C=O) groups excluding carboxylic acids is 1. The van der Waals surface area contributed by atoms with Crippen LogP contribution >= 0.6 is 0 Å². The topological polar surface area (TPSA) is 68.0 Å². The van der Waals surface area contributed by atoms with E-state index >= 15 is 0 Å². The number of rotatable bonds is 3. The highest BCUT2D eigenvalue weighted by atomic mass is 19.1. The zero-order valence-corrected chi connectivity index (χ0v) is 10.2. The van der Waals surface area contributed by atoms with Crippen LogP contribution in [0, 0.1) is 17.5 Å². The maximum absolute atomic E-state index is 13.5. The van der Waals surface area contributed by atoms with Gasteiger partial charge in [0, 0.05) is 18.3 Å². The highest BCUT2D eigenvalue weighted by Crippen LogP contribution is 2.13. The Labute approximate surface area is 112 Å². The lowest BCUT2D eigenvalue weighted by atomic mass is 10.2. The van der Waals surface area contributed by atoms with Gasteiger partial charge in [0.2, 0.25) is 0 Å². The van der Waals surface area contributed by atoms with Crippen LogP contribution in [0.25, 0.3) is 0 Å². The lowest BCUT2D eigenvalue weighted by molar-refractivity contribution is 0.0946. The molecule has 0 aliphatic carbocycles. The fourth-order valence-electron chi connectivity index (χ4n) is 1.58. The number of nitrogen functional groups attached to an aromatic ring is 1. The second kappa shape index (κ2) is 5.60. The van der Waals surface area contributed by atoms with E-state index in [0.29, 0.717) is 0 Å². The standard InChI is InChI=1S/C13H10F3N3O/c14-8-1-2-10(15)7(5-8)6-19-13(20)9-3-4-18-12(17)11(9)16/h1-5H,6H2,(H2,17,18)(H,19,20). The zero-order valence-electron chi connectivity index (χ0n) is 10.2. The van der Waals surface area contributed by atoms with E-state index in [1.54, 1.807) is 0 Å². The summed E-state index contributed by atoms with van der Waals surface area (Å²) in [7, 11) is 0. The van der Waals surface area contributed by atoms with Gasteiger partial charge >= 0.3 is 0 Å². The quantitative estimate of drug-likeness (QED) is 0.904. The van der Waals surface area contributed by atoms with Gasteiger partial charge in [0.05, 0.1) is 5.56 Å². The fraction of sp³-hybridized carbons (Fsp3) is 0.0769. The van der Waals surface area contributed by atoms with Crippen molar-refractivity contribution in [2.45, 2.75) is 6.54 Å². The number of anilines is 1. The van der Waals surface area contributed by atoms with Gasteiger partial charge in [-0.25, -0.2) is 18.2 Å². The third-order valence-electron chi connectivity index (χ3n) is 2.61. The number of benzene rings is 1. The van der Waals surface area contributed by atoms with Gasteiger partial charge in [0.1, 0.15) is 11.6 Å². The predicted octanol–water partition coefficient (Wildman–Crippen LogP) is 2.01. The number of nitrogens with two attached hydrogens (primary N) is 1. The summed E-state index contributed by atoms with van der Waals surface area (Å²) in [4.78, 5) is 15.2. The van der Waals surface area contributed by atoms with Crippen molar-refractivity contribution < 1.29 is 18.0 Å². The minimum atomic E-state index is -0.954. The predicted molar refractivity (Wildman–Crippen MR) is 66.1 cm³/mol. The molecule has 104 valence electrons. The molecule has 20 heavy (non-hydrogen) atoms. The molecule has 7 heteroatoms. The number of hydrogen-bond donors (Lipinski definition) is 2. The molecule has 0 saturated carbocycles.